The van der Waals surface area contributed by atoms with Crippen molar-refractivity contribution in [3.63, 3.8) is 0 Å². The first-order chi connectivity index (χ1) is 19.6. The van der Waals surface area contributed by atoms with E-state index >= 15 is 0 Å². The Bertz CT molecular complexity index is 902. The summed E-state index contributed by atoms with van der Waals surface area (Å²) in [6.45, 7) is 8.68. The minimum Gasteiger partial charge on any atom is -0.493 e. The van der Waals surface area contributed by atoms with E-state index in [9.17, 15) is 10.2 Å². The van der Waals surface area contributed by atoms with Crippen LogP contribution in [0.25, 0.3) is 0 Å². The van der Waals surface area contributed by atoms with Crippen molar-refractivity contribution >= 4 is 0 Å². The largest absolute Gasteiger partial charge is 0.493 e. The summed E-state index contributed by atoms with van der Waals surface area (Å²) in [5.74, 6) is 4.10. The number of aliphatic hydroxyl groups is 2. The van der Waals surface area contributed by atoms with Crippen LogP contribution in [0.4, 0.5) is 0 Å². The first kappa shape index (κ1) is 32.5. The second-order valence-corrected chi connectivity index (χ2v) is 11.9. The number of aliphatic hydroxyl groups excluding tert-OH is 2. The average molecular weight is 553 g/mol. The SMILES string of the molecule is CCCC1CCC(c2ccccc2OCCCCO)(c2ccccc2OCCCCO)CC(CCC)C1CCC. The molecule has 0 radical (unpaired) electrons. The second kappa shape index (κ2) is 17.7. The number of unbranched alkanes of at least 4 members (excludes halogenated alkanes) is 2. The normalized spacial score (nSPS) is 20.7. The highest BCUT2D eigenvalue weighted by molar-refractivity contribution is 5.52. The molecule has 0 spiro atoms. The van der Waals surface area contributed by atoms with E-state index in [-0.39, 0.29) is 18.6 Å². The fourth-order valence-corrected chi connectivity index (χ4v) is 7.35. The molecule has 0 aliphatic heterocycles. The minimum absolute atomic E-state index is 0.199. The van der Waals surface area contributed by atoms with E-state index in [1.165, 1.54) is 56.1 Å². The van der Waals surface area contributed by atoms with Crippen LogP contribution in [0.5, 0.6) is 11.5 Å². The zero-order valence-corrected chi connectivity index (χ0v) is 25.6. The lowest BCUT2D eigenvalue weighted by molar-refractivity contribution is 0.183. The number of ether oxygens (including phenoxy) is 2. The van der Waals surface area contributed by atoms with E-state index in [0.717, 1.165) is 61.9 Å². The Hall–Kier alpha value is -2.04. The van der Waals surface area contributed by atoms with Crippen molar-refractivity contribution in [2.45, 2.75) is 110 Å². The van der Waals surface area contributed by atoms with Crippen molar-refractivity contribution in [2.75, 3.05) is 26.4 Å². The maximum absolute atomic E-state index is 9.31. The summed E-state index contributed by atoms with van der Waals surface area (Å²) >= 11 is 0. The van der Waals surface area contributed by atoms with Crippen LogP contribution in [0.2, 0.25) is 0 Å². The van der Waals surface area contributed by atoms with Gasteiger partial charge >= 0.3 is 0 Å². The van der Waals surface area contributed by atoms with Crippen molar-refractivity contribution in [1.82, 2.24) is 0 Å². The van der Waals surface area contributed by atoms with Crippen LogP contribution < -0.4 is 9.47 Å². The zero-order valence-electron chi connectivity index (χ0n) is 25.6. The van der Waals surface area contributed by atoms with E-state index in [0.29, 0.717) is 19.1 Å². The monoisotopic (exact) mass is 552 g/mol. The van der Waals surface area contributed by atoms with E-state index < -0.39 is 0 Å². The van der Waals surface area contributed by atoms with Crippen molar-refractivity contribution in [2.24, 2.45) is 17.8 Å². The Morgan fingerprint density at radius 3 is 1.68 bits per heavy atom. The molecule has 3 atom stereocenters. The van der Waals surface area contributed by atoms with Gasteiger partial charge in [0.15, 0.2) is 0 Å². The van der Waals surface area contributed by atoms with E-state index in [2.05, 4.69) is 69.3 Å². The van der Waals surface area contributed by atoms with Crippen LogP contribution in [0, 0.1) is 17.8 Å². The third kappa shape index (κ3) is 8.49. The summed E-state index contributed by atoms with van der Waals surface area (Å²) in [4.78, 5) is 0. The first-order valence-corrected chi connectivity index (χ1v) is 16.3. The zero-order chi connectivity index (χ0) is 28.6. The summed E-state index contributed by atoms with van der Waals surface area (Å²) in [6, 6.07) is 17.4. The van der Waals surface area contributed by atoms with Gasteiger partial charge < -0.3 is 19.7 Å². The van der Waals surface area contributed by atoms with Crippen molar-refractivity contribution in [3.05, 3.63) is 59.7 Å². The molecule has 3 unspecified atom stereocenters. The Morgan fingerprint density at radius 2 is 1.18 bits per heavy atom. The molecule has 224 valence electrons. The lowest BCUT2D eigenvalue weighted by Crippen LogP contribution is -2.32. The molecule has 2 aromatic carbocycles. The predicted molar refractivity (Wildman–Crippen MR) is 166 cm³/mol. The van der Waals surface area contributed by atoms with Gasteiger partial charge in [-0.1, -0.05) is 95.7 Å². The van der Waals surface area contributed by atoms with Gasteiger partial charge in [0.1, 0.15) is 11.5 Å². The molecule has 0 amide bonds. The lowest BCUT2D eigenvalue weighted by atomic mass is 9.65. The van der Waals surface area contributed by atoms with Crippen LogP contribution in [-0.4, -0.2) is 36.6 Å². The number of hydrogen-bond acceptors (Lipinski definition) is 4. The number of rotatable bonds is 18. The van der Waals surface area contributed by atoms with E-state index in [4.69, 9.17) is 9.47 Å². The average Bonchev–Trinajstić information content (AvgIpc) is 3.12. The molecule has 1 fully saturated rings. The number of benzene rings is 2. The van der Waals surface area contributed by atoms with Gasteiger partial charge in [-0.3, -0.25) is 0 Å². The smallest absolute Gasteiger partial charge is 0.123 e. The van der Waals surface area contributed by atoms with Gasteiger partial charge in [0.05, 0.1) is 13.2 Å². The molecule has 1 saturated carbocycles. The summed E-state index contributed by atoms with van der Waals surface area (Å²) in [5, 5.41) is 18.6. The maximum Gasteiger partial charge on any atom is 0.123 e. The van der Waals surface area contributed by atoms with Gasteiger partial charge in [0.25, 0.3) is 0 Å². The standard InChI is InChI=1S/C36H56O4/c1-4-15-29-22-23-36(28-30(16-5-2)31(29)17-6-3,32-18-7-9-20-34(32)39-26-13-11-24-37)33-19-8-10-21-35(33)40-27-14-12-25-38/h7-10,18-21,29-31,37-38H,4-6,11-17,22-28H2,1-3H3. The van der Waals surface area contributed by atoms with Crippen LogP contribution >= 0.6 is 0 Å². The Kier molecular flexibility index (Phi) is 14.4. The number of hydrogen-bond donors (Lipinski definition) is 2. The molecule has 0 aromatic heterocycles. The Balaban J connectivity index is 2.16. The summed E-state index contributed by atoms with van der Waals surface area (Å²) in [7, 11) is 0. The van der Waals surface area contributed by atoms with Crippen LogP contribution in [0.15, 0.2) is 48.5 Å². The molecule has 4 heteroatoms. The molecule has 0 saturated heterocycles. The highest BCUT2D eigenvalue weighted by Gasteiger charge is 2.46. The highest BCUT2D eigenvalue weighted by atomic mass is 16.5. The Morgan fingerprint density at radius 1 is 0.675 bits per heavy atom. The van der Waals surface area contributed by atoms with Crippen LogP contribution in [-0.2, 0) is 5.41 Å². The Labute approximate surface area is 244 Å². The molecular formula is C36H56O4. The van der Waals surface area contributed by atoms with Gasteiger partial charge in [-0.25, -0.2) is 0 Å². The predicted octanol–water partition coefficient (Wildman–Crippen LogP) is 8.71. The van der Waals surface area contributed by atoms with Gasteiger partial charge in [0, 0.05) is 29.8 Å². The topological polar surface area (TPSA) is 58.9 Å². The molecule has 2 N–H and O–H groups in total. The molecule has 40 heavy (non-hydrogen) atoms. The fourth-order valence-electron chi connectivity index (χ4n) is 7.35. The molecule has 0 heterocycles. The second-order valence-electron chi connectivity index (χ2n) is 11.9. The number of para-hydroxylation sites is 2. The molecule has 0 bridgehead atoms. The third-order valence-electron chi connectivity index (χ3n) is 9.13. The lowest BCUT2D eigenvalue weighted by Gasteiger charge is -2.39. The maximum atomic E-state index is 9.31. The van der Waals surface area contributed by atoms with Crippen LogP contribution in [0.1, 0.15) is 115 Å². The van der Waals surface area contributed by atoms with Crippen molar-refractivity contribution < 1.29 is 19.7 Å². The quantitative estimate of drug-likeness (QED) is 0.143. The summed E-state index contributed by atoms with van der Waals surface area (Å²) in [5.41, 5.74) is 2.38. The van der Waals surface area contributed by atoms with E-state index in [1.54, 1.807) is 0 Å². The molecule has 2 aromatic rings. The highest BCUT2D eigenvalue weighted by Crippen LogP contribution is 2.55. The summed E-state index contributed by atoms with van der Waals surface area (Å²) < 4.78 is 13.0. The van der Waals surface area contributed by atoms with Gasteiger partial charge in [0.2, 0.25) is 0 Å². The minimum atomic E-state index is -0.199. The first-order valence-electron chi connectivity index (χ1n) is 16.3. The third-order valence-corrected chi connectivity index (χ3v) is 9.13. The molecule has 1 aliphatic rings. The van der Waals surface area contributed by atoms with E-state index in [1.807, 2.05) is 0 Å². The summed E-state index contributed by atoms with van der Waals surface area (Å²) in [6.07, 6.45) is 14.2. The molecular weight excluding hydrogens is 496 g/mol. The molecule has 3 rings (SSSR count). The van der Waals surface area contributed by atoms with Crippen LogP contribution in [0.3, 0.4) is 0 Å². The molecule has 4 nitrogen and oxygen atoms in total. The fraction of sp³-hybridized carbons (Fsp3) is 0.667. The van der Waals surface area contributed by atoms with Crippen molar-refractivity contribution in [3.8, 4) is 11.5 Å². The van der Waals surface area contributed by atoms with Gasteiger partial charge in [-0.15, -0.1) is 0 Å². The van der Waals surface area contributed by atoms with Gasteiger partial charge in [-0.2, -0.15) is 0 Å². The molecule has 1 aliphatic carbocycles. The van der Waals surface area contributed by atoms with Crippen molar-refractivity contribution in [1.29, 1.82) is 0 Å². The van der Waals surface area contributed by atoms with Gasteiger partial charge in [-0.05, 0) is 74.8 Å².